The van der Waals surface area contributed by atoms with Crippen LogP contribution >= 0.6 is 0 Å². The summed E-state index contributed by atoms with van der Waals surface area (Å²) in [7, 11) is 1.61. The van der Waals surface area contributed by atoms with Crippen molar-refractivity contribution >= 4 is 29.1 Å². The van der Waals surface area contributed by atoms with Gasteiger partial charge in [0.05, 0.1) is 11.5 Å². The molecule has 0 spiro atoms. The zero-order valence-corrected chi connectivity index (χ0v) is 18.0. The summed E-state index contributed by atoms with van der Waals surface area (Å²) in [5.41, 5.74) is -0.0396. The second-order valence-electron chi connectivity index (χ2n) is 8.72. The number of likely N-dealkylation sites (N-methyl/N-ethyl adjacent to an activating group) is 1. The van der Waals surface area contributed by atoms with Gasteiger partial charge in [-0.2, -0.15) is 5.26 Å². The summed E-state index contributed by atoms with van der Waals surface area (Å²) in [6.45, 7) is 4.22. The molecule has 2 N–H and O–H groups in total. The Bertz CT molecular complexity index is 1050. The monoisotopic (exact) mass is 418 g/mol. The molecule has 2 aromatic rings. The van der Waals surface area contributed by atoms with Crippen LogP contribution in [0.2, 0.25) is 0 Å². The van der Waals surface area contributed by atoms with Gasteiger partial charge in [0, 0.05) is 37.7 Å². The standard InChI is InChI=1S/C23H26N6O2/c1-22(2,20(30)25-3)16-6-7-18(27-13-16)28-19-12-17(8-10-26-19)29-11-9-23(14-24,21(29)31)15-4-5-15/h6-8,10,12-13,15H,4-5,9,11H2,1-3H3,(H,25,30)(H,26,27,28)/t23-/m1/s1. The highest BCUT2D eigenvalue weighted by atomic mass is 16.2. The quantitative estimate of drug-likeness (QED) is 0.746. The molecule has 0 aromatic carbocycles. The Labute approximate surface area is 181 Å². The molecule has 8 heteroatoms. The third-order valence-electron chi connectivity index (χ3n) is 6.42. The van der Waals surface area contributed by atoms with Gasteiger partial charge in [0.1, 0.15) is 17.1 Å². The van der Waals surface area contributed by atoms with Gasteiger partial charge in [-0.1, -0.05) is 6.07 Å². The Kier molecular flexibility index (Phi) is 5.13. The summed E-state index contributed by atoms with van der Waals surface area (Å²) in [4.78, 5) is 35.6. The van der Waals surface area contributed by atoms with Gasteiger partial charge in [-0.3, -0.25) is 9.59 Å². The molecule has 1 aliphatic carbocycles. The number of nitrogens with zero attached hydrogens (tertiary/aromatic N) is 4. The zero-order chi connectivity index (χ0) is 22.2. The van der Waals surface area contributed by atoms with Gasteiger partial charge in [0.15, 0.2) is 0 Å². The van der Waals surface area contributed by atoms with E-state index in [4.69, 9.17) is 0 Å². The highest BCUT2D eigenvalue weighted by Gasteiger charge is 2.56. The van der Waals surface area contributed by atoms with E-state index in [0.717, 1.165) is 24.1 Å². The van der Waals surface area contributed by atoms with Crippen LogP contribution in [-0.4, -0.2) is 35.4 Å². The van der Waals surface area contributed by atoms with Crippen molar-refractivity contribution in [3.63, 3.8) is 0 Å². The highest BCUT2D eigenvalue weighted by Crippen LogP contribution is 2.51. The van der Waals surface area contributed by atoms with Gasteiger partial charge >= 0.3 is 0 Å². The van der Waals surface area contributed by atoms with Crippen molar-refractivity contribution in [3.8, 4) is 6.07 Å². The molecule has 1 saturated carbocycles. The fourth-order valence-electron chi connectivity index (χ4n) is 4.20. The van der Waals surface area contributed by atoms with Crippen molar-refractivity contribution in [2.45, 2.75) is 38.5 Å². The van der Waals surface area contributed by atoms with Crippen LogP contribution in [0.1, 0.15) is 38.7 Å². The van der Waals surface area contributed by atoms with Crippen LogP contribution in [0, 0.1) is 22.7 Å². The van der Waals surface area contributed by atoms with E-state index in [0.29, 0.717) is 24.6 Å². The molecule has 1 saturated heterocycles. The van der Waals surface area contributed by atoms with Crippen LogP contribution in [0.4, 0.5) is 17.3 Å². The maximum absolute atomic E-state index is 13.0. The average molecular weight is 419 g/mol. The van der Waals surface area contributed by atoms with Crippen molar-refractivity contribution in [3.05, 3.63) is 42.2 Å². The molecule has 31 heavy (non-hydrogen) atoms. The number of hydrogen-bond donors (Lipinski definition) is 2. The number of aromatic nitrogens is 2. The lowest BCUT2D eigenvalue weighted by Gasteiger charge is -2.23. The molecular formula is C23H26N6O2. The molecule has 4 rings (SSSR count). The normalized spacial score (nSPS) is 21.0. The average Bonchev–Trinajstić information content (AvgIpc) is 3.57. The van der Waals surface area contributed by atoms with Crippen molar-refractivity contribution < 1.29 is 9.59 Å². The maximum Gasteiger partial charge on any atom is 0.247 e. The number of amides is 2. The number of nitriles is 1. The molecule has 2 aromatic heterocycles. The number of pyridine rings is 2. The summed E-state index contributed by atoms with van der Waals surface area (Å²) >= 11 is 0. The Balaban J connectivity index is 1.50. The molecule has 1 aliphatic heterocycles. The molecule has 0 bridgehead atoms. The molecule has 160 valence electrons. The fourth-order valence-corrected chi connectivity index (χ4v) is 4.20. The first kappa shape index (κ1) is 20.8. The number of carbonyl (C=O) groups excluding carboxylic acids is 2. The number of anilines is 3. The molecule has 8 nitrogen and oxygen atoms in total. The van der Waals surface area contributed by atoms with Crippen molar-refractivity contribution in [2.24, 2.45) is 11.3 Å². The first-order valence-corrected chi connectivity index (χ1v) is 10.5. The van der Waals surface area contributed by atoms with E-state index >= 15 is 0 Å². The lowest BCUT2D eigenvalue weighted by Crippen LogP contribution is -2.38. The summed E-state index contributed by atoms with van der Waals surface area (Å²) in [6, 6.07) is 9.54. The number of rotatable bonds is 6. The molecule has 2 amide bonds. The number of nitrogens with one attached hydrogen (secondary N) is 2. The van der Waals surface area contributed by atoms with E-state index in [2.05, 4.69) is 26.7 Å². The summed E-state index contributed by atoms with van der Waals surface area (Å²) in [5, 5.41) is 15.5. The Morgan fingerprint density at radius 3 is 2.65 bits per heavy atom. The summed E-state index contributed by atoms with van der Waals surface area (Å²) < 4.78 is 0. The molecule has 1 atom stereocenters. The Morgan fingerprint density at radius 2 is 2.03 bits per heavy atom. The van der Waals surface area contributed by atoms with Gasteiger partial charge in [-0.15, -0.1) is 0 Å². The van der Waals surface area contributed by atoms with Crippen molar-refractivity contribution in [1.29, 1.82) is 5.26 Å². The van der Waals surface area contributed by atoms with Gasteiger partial charge in [0.25, 0.3) is 0 Å². The van der Waals surface area contributed by atoms with E-state index in [9.17, 15) is 14.9 Å². The summed E-state index contributed by atoms with van der Waals surface area (Å²) in [5.74, 6) is 1.14. The molecule has 0 unspecified atom stereocenters. The lowest BCUT2D eigenvalue weighted by atomic mass is 9.83. The van der Waals surface area contributed by atoms with E-state index < -0.39 is 10.8 Å². The molecule has 3 heterocycles. The largest absolute Gasteiger partial charge is 0.358 e. The second kappa shape index (κ2) is 7.65. The van der Waals surface area contributed by atoms with Gasteiger partial charge in [0.2, 0.25) is 11.8 Å². The SMILES string of the molecule is CNC(=O)C(C)(C)c1ccc(Nc2cc(N3CC[C@@](C#N)(C4CC4)C3=O)ccn2)nc1. The van der Waals surface area contributed by atoms with E-state index in [-0.39, 0.29) is 17.7 Å². The zero-order valence-electron chi connectivity index (χ0n) is 18.0. The Morgan fingerprint density at radius 1 is 1.26 bits per heavy atom. The smallest absolute Gasteiger partial charge is 0.247 e. The first-order chi connectivity index (χ1) is 14.8. The fraction of sp³-hybridized carbons (Fsp3) is 0.435. The highest BCUT2D eigenvalue weighted by molar-refractivity contribution is 6.02. The summed E-state index contributed by atoms with van der Waals surface area (Å²) in [6.07, 6.45) is 5.78. The van der Waals surface area contributed by atoms with Crippen molar-refractivity contribution in [1.82, 2.24) is 15.3 Å². The predicted molar refractivity (Wildman–Crippen MR) is 117 cm³/mol. The molecular weight excluding hydrogens is 392 g/mol. The van der Waals surface area contributed by atoms with Gasteiger partial charge in [-0.25, -0.2) is 9.97 Å². The molecule has 2 aliphatic rings. The second-order valence-corrected chi connectivity index (χ2v) is 8.72. The minimum Gasteiger partial charge on any atom is -0.358 e. The van der Waals surface area contributed by atoms with Crippen LogP contribution in [-0.2, 0) is 15.0 Å². The van der Waals surface area contributed by atoms with E-state index in [1.54, 1.807) is 42.5 Å². The van der Waals surface area contributed by atoms with Gasteiger partial charge in [-0.05, 0) is 56.7 Å². The minimum absolute atomic E-state index is 0.0840. The Hall–Kier alpha value is -3.47. The lowest BCUT2D eigenvalue weighted by molar-refractivity contribution is -0.125. The number of hydrogen-bond acceptors (Lipinski definition) is 6. The van der Waals surface area contributed by atoms with Gasteiger partial charge < -0.3 is 15.5 Å². The van der Waals surface area contributed by atoms with Crippen molar-refractivity contribution in [2.75, 3.05) is 23.8 Å². The third-order valence-corrected chi connectivity index (χ3v) is 6.42. The van der Waals surface area contributed by atoms with E-state index in [1.807, 2.05) is 19.9 Å². The van der Waals surface area contributed by atoms with E-state index in [1.165, 1.54) is 0 Å². The van der Waals surface area contributed by atoms with Crippen LogP contribution in [0.5, 0.6) is 0 Å². The molecule has 2 fully saturated rings. The van der Waals surface area contributed by atoms with Crippen LogP contribution < -0.4 is 15.5 Å². The third kappa shape index (κ3) is 3.61. The topological polar surface area (TPSA) is 111 Å². The minimum atomic E-state index is -0.869. The maximum atomic E-state index is 13.0. The van der Waals surface area contributed by atoms with Crippen LogP contribution in [0.15, 0.2) is 36.7 Å². The number of carbonyl (C=O) groups is 2. The van der Waals surface area contributed by atoms with Crippen LogP contribution in [0.3, 0.4) is 0 Å². The first-order valence-electron chi connectivity index (χ1n) is 10.5. The molecule has 0 radical (unpaired) electrons. The predicted octanol–water partition coefficient (Wildman–Crippen LogP) is 2.90. The van der Waals surface area contributed by atoms with Crippen LogP contribution in [0.25, 0.3) is 0 Å².